The number of fused-ring (bicyclic) bond motifs is 9. The molecule has 6 nitrogen and oxygen atoms in total. The summed E-state index contributed by atoms with van der Waals surface area (Å²) in [5.74, 6) is 10.2. The first-order valence-electron chi connectivity index (χ1n) is 29.0. The Labute approximate surface area is 445 Å². The Morgan fingerprint density at radius 1 is 0.356 bits per heavy atom. The van der Waals surface area contributed by atoms with Crippen LogP contribution >= 0.6 is 0 Å². The van der Waals surface area contributed by atoms with Gasteiger partial charge in [-0.2, -0.15) is 0 Å². The lowest BCUT2D eigenvalue weighted by atomic mass is 9.82. The molecule has 0 spiro atoms. The molecule has 0 saturated heterocycles. The quantitative estimate of drug-likeness (QED) is 0.127. The molecule has 6 heteroatoms. The first-order valence-corrected chi connectivity index (χ1v) is 29.0. The normalized spacial score (nSPS) is 20.2. The van der Waals surface area contributed by atoms with Crippen molar-refractivity contribution >= 4 is 21.5 Å². The Hall–Kier alpha value is -5.04. The van der Waals surface area contributed by atoms with E-state index in [1.54, 1.807) is 70.6 Å². The average Bonchev–Trinajstić information content (AvgIpc) is 4.37. The van der Waals surface area contributed by atoms with Gasteiger partial charge in [0.2, 0.25) is 0 Å². The molecule has 6 atom stereocenters. The van der Waals surface area contributed by atoms with E-state index < -0.39 is 12.2 Å². The fourth-order valence-electron chi connectivity index (χ4n) is 10.7. The van der Waals surface area contributed by atoms with Gasteiger partial charge in [0.1, 0.15) is 61.6 Å². The van der Waals surface area contributed by atoms with Crippen molar-refractivity contribution in [3.8, 4) is 23.0 Å². The number of aliphatic hydroxyl groups excluding tert-OH is 2. The summed E-state index contributed by atoms with van der Waals surface area (Å²) in [4.78, 5) is 0. The van der Waals surface area contributed by atoms with Crippen LogP contribution < -0.4 is 18.9 Å². The van der Waals surface area contributed by atoms with Crippen molar-refractivity contribution in [1.82, 2.24) is 0 Å². The maximum Gasteiger partial charge on any atom is 0.127 e. The van der Waals surface area contributed by atoms with E-state index in [1.807, 2.05) is 229 Å². The predicted octanol–water partition coefficient (Wildman–Crippen LogP) is 18.5. The zero-order chi connectivity index (χ0) is 53.6. The van der Waals surface area contributed by atoms with Crippen molar-refractivity contribution < 1.29 is 29.2 Å². The Morgan fingerprint density at radius 2 is 0.685 bits per heavy atom. The highest BCUT2D eigenvalue weighted by atomic mass is 16.5. The van der Waals surface area contributed by atoms with Crippen molar-refractivity contribution in [2.45, 2.75) is 166 Å². The molecule has 0 radical (unpaired) electrons. The number of hydrogen-bond donors (Lipinski definition) is 2. The lowest BCUT2D eigenvalue weighted by Gasteiger charge is -2.23. The molecule has 5 aliphatic carbocycles. The summed E-state index contributed by atoms with van der Waals surface area (Å²) < 4.78 is 22.5. The standard InChI is InChI=1S/2C19H18O3.C10H16.C7H12.6C2H6/c2*20-16(13-21-17-9-2-1-3-10-17)14-22-19-12-6-8-15-7-4-5-11-18(15)19;1-2-9-7-4-5-8(6-7)10(9)3-1;1-2-7-4-3-6(1)5-7;6*1-2/h2*1-12,16,20H,13-14H2;7-10H,1-6H2;6-7H,1-5H2;6*1-2H3. The second-order valence-corrected chi connectivity index (χ2v) is 17.8. The summed E-state index contributed by atoms with van der Waals surface area (Å²) in [5.41, 5.74) is 0. The van der Waals surface area contributed by atoms with Gasteiger partial charge in [0.05, 0.1) is 0 Å². The first-order chi connectivity index (χ1) is 36.1. The van der Waals surface area contributed by atoms with Crippen LogP contribution in [0.1, 0.15) is 154 Å². The molecule has 404 valence electrons. The molecule has 6 aromatic rings. The molecule has 0 amide bonds. The molecule has 11 rings (SSSR count). The lowest BCUT2D eigenvalue weighted by Crippen LogP contribution is -2.25. The third kappa shape index (κ3) is 21.8. The van der Waals surface area contributed by atoms with Crippen LogP contribution in [0.5, 0.6) is 23.0 Å². The van der Waals surface area contributed by atoms with Crippen LogP contribution in [0.15, 0.2) is 146 Å². The van der Waals surface area contributed by atoms with Gasteiger partial charge < -0.3 is 29.2 Å². The molecule has 2 N–H and O–H groups in total. The number of hydrogen-bond acceptors (Lipinski definition) is 6. The van der Waals surface area contributed by atoms with Crippen molar-refractivity contribution in [3.63, 3.8) is 0 Å². The van der Waals surface area contributed by atoms with Gasteiger partial charge in [0.15, 0.2) is 0 Å². The molecular weight excluding hydrogens is 901 g/mol. The highest BCUT2D eigenvalue weighted by Gasteiger charge is 2.48. The van der Waals surface area contributed by atoms with E-state index in [2.05, 4.69) is 0 Å². The van der Waals surface area contributed by atoms with E-state index in [0.717, 1.165) is 44.5 Å². The monoisotopic (exact) mass is 1000 g/mol. The molecule has 5 aliphatic rings. The minimum atomic E-state index is -0.681. The molecule has 0 heterocycles. The highest BCUT2D eigenvalue weighted by molar-refractivity contribution is 5.88. The number of ether oxygens (including phenoxy) is 4. The van der Waals surface area contributed by atoms with Crippen molar-refractivity contribution in [3.05, 3.63) is 146 Å². The Balaban J connectivity index is 0.000000330. The molecule has 5 fully saturated rings. The Bertz CT molecular complexity index is 2040. The molecule has 73 heavy (non-hydrogen) atoms. The molecule has 4 bridgehead atoms. The van der Waals surface area contributed by atoms with Crippen LogP contribution in [-0.4, -0.2) is 48.8 Å². The van der Waals surface area contributed by atoms with Crippen LogP contribution in [0.4, 0.5) is 0 Å². The van der Waals surface area contributed by atoms with Gasteiger partial charge in [0.25, 0.3) is 0 Å². The van der Waals surface area contributed by atoms with Gasteiger partial charge in [-0.05, 0) is 121 Å². The number of para-hydroxylation sites is 2. The average molecular weight is 1000 g/mol. The van der Waals surface area contributed by atoms with Crippen LogP contribution in [-0.2, 0) is 0 Å². The fraction of sp³-hybridized carbons (Fsp3) is 0.522. The number of aliphatic hydroxyl groups is 2. The molecule has 6 unspecified atom stereocenters. The molecule has 0 aliphatic heterocycles. The minimum absolute atomic E-state index is 0.195. The van der Waals surface area contributed by atoms with Gasteiger partial charge >= 0.3 is 0 Å². The van der Waals surface area contributed by atoms with Crippen molar-refractivity contribution in [2.24, 2.45) is 35.5 Å². The van der Waals surface area contributed by atoms with E-state index in [0.29, 0.717) is 0 Å². The van der Waals surface area contributed by atoms with E-state index in [-0.39, 0.29) is 26.4 Å². The van der Waals surface area contributed by atoms with Crippen LogP contribution in [0.3, 0.4) is 0 Å². The van der Waals surface area contributed by atoms with E-state index >= 15 is 0 Å². The van der Waals surface area contributed by atoms with Gasteiger partial charge in [-0.3, -0.25) is 0 Å². The fourth-order valence-corrected chi connectivity index (χ4v) is 10.7. The van der Waals surface area contributed by atoms with Gasteiger partial charge in [0, 0.05) is 10.8 Å². The van der Waals surface area contributed by atoms with Crippen molar-refractivity contribution in [1.29, 1.82) is 0 Å². The van der Waals surface area contributed by atoms with E-state index in [4.69, 9.17) is 18.9 Å². The first kappa shape index (κ1) is 64.1. The van der Waals surface area contributed by atoms with E-state index in [1.165, 1.54) is 35.5 Å². The maximum atomic E-state index is 9.99. The van der Waals surface area contributed by atoms with E-state index in [9.17, 15) is 10.2 Å². The number of rotatable bonds is 12. The minimum Gasteiger partial charge on any atom is -0.491 e. The summed E-state index contributed by atoms with van der Waals surface area (Å²) >= 11 is 0. The topological polar surface area (TPSA) is 77.4 Å². The van der Waals surface area contributed by atoms with Gasteiger partial charge in [-0.25, -0.2) is 0 Å². The van der Waals surface area contributed by atoms with Gasteiger partial charge in [-0.15, -0.1) is 0 Å². The van der Waals surface area contributed by atoms with Gasteiger partial charge in [-0.1, -0.05) is 224 Å². The Kier molecular flexibility index (Phi) is 34.6. The van der Waals surface area contributed by atoms with Crippen molar-refractivity contribution in [2.75, 3.05) is 26.4 Å². The summed E-state index contributed by atoms with van der Waals surface area (Å²) in [5, 5.41) is 24.3. The third-order valence-electron chi connectivity index (χ3n) is 13.7. The summed E-state index contributed by atoms with van der Waals surface area (Å²) in [7, 11) is 0. The van der Waals surface area contributed by atoms with Crippen LogP contribution in [0.25, 0.3) is 21.5 Å². The summed E-state index contributed by atoms with van der Waals surface area (Å²) in [6, 6.07) is 46.7. The largest absolute Gasteiger partial charge is 0.491 e. The lowest BCUT2D eigenvalue weighted by molar-refractivity contribution is 0.0631. The summed E-state index contributed by atoms with van der Waals surface area (Å²) in [6.45, 7) is 24.8. The highest BCUT2D eigenvalue weighted by Crippen LogP contribution is 2.58. The molecular formula is C67H100O6. The molecule has 0 aromatic heterocycles. The maximum absolute atomic E-state index is 9.99. The Morgan fingerprint density at radius 3 is 1.04 bits per heavy atom. The zero-order valence-corrected chi connectivity index (χ0v) is 47.6. The summed E-state index contributed by atoms with van der Waals surface area (Å²) in [6.07, 6.45) is 16.0. The predicted molar refractivity (Wildman–Crippen MR) is 315 cm³/mol. The third-order valence-corrected chi connectivity index (χ3v) is 13.7. The SMILES string of the molecule is C1CC2C3CCC(C3)C2C1.C1CC2CCC1C2.CC.CC.CC.CC.CC.CC.OC(COc1ccccc1)COc1cccc2ccccc12.OC(COc1ccccc1)COc1cccc2ccccc12. The molecule has 6 aromatic carbocycles. The molecule has 5 saturated carbocycles. The number of benzene rings is 6. The van der Waals surface area contributed by atoms with Crippen LogP contribution in [0.2, 0.25) is 0 Å². The van der Waals surface area contributed by atoms with Crippen LogP contribution in [0, 0.1) is 35.5 Å². The zero-order valence-electron chi connectivity index (χ0n) is 47.6. The second kappa shape index (κ2) is 39.4. The smallest absolute Gasteiger partial charge is 0.127 e. The second-order valence-electron chi connectivity index (χ2n) is 17.8.